The van der Waals surface area contributed by atoms with Crippen LogP contribution in [0.4, 0.5) is 5.69 Å². The average molecular weight is 476 g/mol. The minimum atomic E-state index is -0.479. The van der Waals surface area contributed by atoms with Crippen LogP contribution in [0.15, 0.2) is 18.2 Å². The van der Waals surface area contributed by atoms with Crippen molar-refractivity contribution in [3.05, 3.63) is 28.8 Å². The van der Waals surface area contributed by atoms with Crippen molar-refractivity contribution in [1.82, 2.24) is 10.6 Å². The Labute approximate surface area is 202 Å². The van der Waals surface area contributed by atoms with Crippen molar-refractivity contribution < 1.29 is 14.3 Å². The van der Waals surface area contributed by atoms with Crippen LogP contribution in [0.1, 0.15) is 69.7 Å². The lowest BCUT2D eigenvalue weighted by Crippen LogP contribution is -2.51. The lowest BCUT2D eigenvalue weighted by atomic mass is 9.49. The third kappa shape index (κ3) is 6.42. The van der Waals surface area contributed by atoms with Gasteiger partial charge in [-0.3, -0.25) is 9.59 Å². The molecule has 4 aliphatic rings. The number of hydrogen-bond acceptors (Lipinski definition) is 5. The fourth-order valence-electron chi connectivity index (χ4n) is 6.54. The van der Waals surface area contributed by atoms with Crippen LogP contribution < -0.4 is 16.0 Å². The molecule has 5 rings (SSSR count). The summed E-state index contributed by atoms with van der Waals surface area (Å²) in [6.07, 6.45) is 8.01. The van der Waals surface area contributed by atoms with Crippen molar-refractivity contribution in [2.24, 2.45) is 23.2 Å². The van der Waals surface area contributed by atoms with Crippen molar-refractivity contribution in [3.8, 4) is 0 Å². The van der Waals surface area contributed by atoms with Gasteiger partial charge in [0.25, 0.3) is 5.91 Å². The molecule has 3 N–H and O–H groups in total. The molecule has 0 saturated heterocycles. The normalized spacial score (nSPS) is 27.9. The van der Waals surface area contributed by atoms with Gasteiger partial charge in [0.05, 0.1) is 17.1 Å². The summed E-state index contributed by atoms with van der Waals surface area (Å²) in [6.45, 7) is 7.68. The van der Waals surface area contributed by atoms with Gasteiger partial charge < -0.3 is 20.7 Å². The van der Waals surface area contributed by atoms with E-state index in [-0.39, 0.29) is 18.4 Å². The molecule has 0 heterocycles. The van der Waals surface area contributed by atoms with Gasteiger partial charge in [0.2, 0.25) is 0 Å². The number of ether oxygens (including phenoxy) is 1. The van der Waals surface area contributed by atoms with Crippen molar-refractivity contribution in [3.63, 3.8) is 0 Å². The van der Waals surface area contributed by atoms with Gasteiger partial charge in [0.1, 0.15) is 5.60 Å². The maximum absolute atomic E-state index is 13.0. The zero-order chi connectivity index (χ0) is 23.6. The number of nitrogens with one attached hydrogen (secondary N) is 3. The average Bonchev–Trinajstić information content (AvgIpc) is 2.70. The molecule has 1 aromatic carbocycles. The van der Waals surface area contributed by atoms with E-state index in [9.17, 15) is 9.59 Å². The highest BCUT2D eigenvalue weighted by atomic mass is 35.5. The number of hydrogen-bond donors (Lipinski definition) is 3. The zero-order valence-electron chi connectivity index (χ0n) is 20.1. The number of anilines is 1. The van der Waals surface area contributed by atoms with E-state index >= 15 is 0 Å². The second kappa shape index (κ2) is 9.83. The van der Waals surface area contributed by atoms with E-state index in [1.807, 2.05) is 32.9 Å². The fraction of sp³-hybridized carbons (Fsp3) is 0.692. The topological polar surface area (TPSA) is 79.5 Å². The predicted molar refractivity (Wildman–Crippen MR) is 132 cm³/mol. The Morgan fingerprint density at radius 1 is 1.06 bits per heavy atom. The first-order valence-corrected chi connectivity index (χ1v) is 12.7. The first-order valence-electron chi connectivity index (χ1n) is 12.3. The number of carbonyl (C=O) groups is 2. The van der Waals surface area contributed by atoms with Gasteiger partial charge in [0.15, 0.2) is 0 Å². The highest BCUT2D eigenvalue weighted by Gasteiger charge is 2.50. The van der Waals surface area contributed by atoms with E-state index in [1.165, 1.54) is 38.5 Å². The molecule has 4 bridgehead atoms. The van der Waals surface area contributed by atoms with Crippen LogP contribution in [0.2, 0.25) is 5.02 Å². The van der Waals surface area contributed by atoms with Gasteiger partial charge in [-0.15, -0.1) is 0 Å². The van der Waals surface area contributed by atoms with Crippen LogP contribution in [-0.4, -0.2) is 43.7 Å². The van der Waals surface area contributed by atoms with Gasteiger partial charge in [0, 0.05) is 25.3 Å². The zero-order valence-corrected chi connectivity index (χ0v) is 20.9. The van der Waals surface area contributed by atoms with Crippen LogP contribution in [0.3, 0.4) is 0 Å². The smallest absolute Gasteiger partial charge is 0.320 e. The molecule has 33 heavy (non-hydrogen) atoms. The summed E-state index contributed by atoms with van der Waals surface area (Å²) in [4.78, 5) is 24.7. The van der Waals surface area contributed by atoms with Crippen LogP contribution in [-0.2, 0) is 9.53 Å². The van der Waals surface area contributed by atoms with Gasteiger partial charge in [-0.1, -0.05) is 11.6 Å². The predicted octanol–water partition coefficient (Wildman–Crippen LogP) is 4.63. The molecule has 1 aromatic rings. The molecular formula is C26H38ClN3O3. The molecule has 0 unspecified atom stereocenters. The number of benzene rings is 1. The maximum Gasteiger partial charge on any atom is 0.320 e. The Balaban J connectivity index is 1.24. The second-order valence-corrected chi connectivity index (χ2v) is 11.9. The molecule has 0 radical (unpaired) electrons. The highest BCUT2D eigenvalue weighted by Crippen LogP contribution is 2.59. The van der Waals surface area contributed by atoms with E-state index in [1.54, 1.807) is 6.07 Å². The number of esters is 1. The summed E-state index contributed by atoms with van der Waals surface area (Å²) >= 11 is 6.36. The van der Waals surface area contributed by atoms with Gasteiger partial charge in [-0.2, -0.15) is 0 Å². The Hall–Kier alpha value is -1.79. The third-order valence-corrected chi connectivity index (χ3v) is 7.65. The molecule has 0 aromatic heterocycles. The van der Waals surface area contributed by atoms with E-state index in [0.29, 0.717) is 29.1 Å². The van der Waals surface area contributed by atoms with E-state index < -0.39 is 5.60 Å². The SMILES string of the molecule is CC(C)(C)OC(=O)CNCCNc1ccc(Cl)c(C(=O)NCC23CC4CC(CC(C4)C2)C3)c1. The van der Waals surface area contributed by atoms with E-state index in [4.69, 9.17) is 16.3 Å². The number of carbonyl (C=O) groups excluding carboxylic acids is 2. The molecule has 4 aliphatic carbocycles. The minimum absolute atomic E-state index is 0.0950. The first kappa shape index (κ1) is 24.3. The summed E-state index contributed by atoms with van der Waals surface area (Å²) in [7, 11) is 0. The van der Waals surface area contributed by atoms with Crippen LogP contribution in [0.5, 0.6) is 0 Å². The van der Waals surface area contributed by atoms with Crippen LogP contribution in [0.25, 0.3) is 0 Å². The Bertz CT molecular complexity index is 845. The van der Waals surface area contributed by atoms with Crippen molar-refractivity contribution in [2.75, 3.05) is 31.5 Å². The quantitative estimate of drug-likeness (QED) is 0.358. The molecule has 4 fully saturated rings. The molecule has 4 saturated carbocycles. The number of rotatable bonds is 9. The molecule has 7 heteroatoms. The molecule has 1 amide bonds. The Kier molecular flexibility index (Phi) is 7.25. The summed E-state index contributed by atoms with van der Waals surface area (Å²) in [5, 5.41) is 10.0. The Morgan fingerprint density at radius 2 is 1.70 bits per heavy atom. The summed E-state index contributed by atoms with van der Waals surface area (Å²) in [6, 6.07) is 5.44. The van der Waals surface area contributed by atoms with Gasteiger partial charge >= 0.3 is 5.97 Å². The van der Waals surface area contributed by atoms with Crippen LogP contribution >= 0.6 is 11.6 Å². The molecule has 0 aliphatic heterocycles. The summed E-state index contributed by atoms with van der Waals surface area (Å²) in [5.41, 5.74) is 1.16. The molecular weight excluding hydrogens is 438 g/mol. The van der Waals surface area contributed by atoms with Gasteiger partial charge in [-0.05, 0) is 101 Å². The molecule has 182 valence electrons. The Morgan fingerprint density at radius 3 is 2.30 bits per heavy atom. The fourth-order valence-corrected chi connectivity index (χ4v) is 6.75. The second-order valence-electron chi connectivity index (χ2n) is 11.5. The van der Waals surface area contributed by atoms with E-state index in [2.05, 4.69) is 16.0 Å². The molecule has 0 atom stereocenters. The summed E-state index contributed by atoms with van der Waals surface area (Å²) in [5.74, 6) is 2.24. The number of halogens is 1. The largest absolute Gasteiger partial charge is 0.459 e. The monoisotopic (exact) mass is 475 g/mol. The maximum atomic E-state index is 13.0. The van der Waals surface area contributed by atoms with E-state index in [0.717, 1.165) is 30.0 Å². The molecule has 0 spiro atoms. The standard InChI is InChI=1S/C26H38ClN3O3/c1-25(2,3)33-23(31)15-28-6-7-29-20-4-5-22(27)21(11-20)24(32)30-16-26-12-17-8-18(13-26)10-19(9-17)14-26/h4-5,11,17-19,28-29H,6-10,12-16H2,1-3H3,(H,30,32). The lowest BCUT2D eigenvalue weighted by Gasteiger charge is -2.56. The number of amides is 1. The highest BCUT2D eigenvalue weighted by molar-refractivity contribution is 6.34. The minimum Gasteiger partial charge on any atom is -0.459 e. The third-order valence-electron chi connectivity index (χ3n) is 7.32. The van der Waals surface area contributed by atoms with Gasteiger partial charge in [-0.25, -0.2) is 0 Å². The molecule has 6 nitrogen and oxygen atoms in total. The van der Waals surface area contributed by atoms with Crippen molar-refractivity contribution in [1.29, 1.82) is 0 Å². The first-order chi connectivity index (χ1) is 15.6. The van der Waals surface area contributed by atoms with Crippen molar-refractivity contribution in [2.45, 2.75) is 64.9 Å². The lowest BCUT2D eigenvalue weighted by molar-refractivity contribution is -0.153. The van der Waals surface area contributed by atoms with Crippen molar-refractivity contribution >= 4 is 29.2 Å². The summed E-state index contributed by atoms with van der Waals surface area (Å²) < 4.78 is 5.28. The van der Waals surface area contributed by atoms with Crippen LogP contribution in [0, 0.1) is 23.2 Å².